The number of aliphatic imine (C=N–C) groups is 1. The van der Waals surface area contributed by atoms with Crippen LogP contribution in [-0.2, 0) is 4.79 Å². The number of ether oxygens (including phenoxy) is 2. The summed E-state index contributed by atoms with van der Waals surface area (Å²) < 4.78 is 10.7. The van der Waals surface area contributed by atoms with Crippen LogP contribution < -0.4 is 14.4 Å². The molecule has 0 fully saturated rings. The van der Waals surface area contributed by atoms with Crippen molar-refractivity contribution in [3.05, 3.63) is 28.7 Å². The molecule has 1 aromatic rings. The van der Waals surface area contributed by atoms with Crippen LogP contribution in [0, 0.1) is 5.92 Å². The third kappa shape index (κ3) is 1.89. The molecule has 0 aromatic heterocycles. The number of allylic oxidation sites excluding steroid dienone is 1. The maximum absolute atomic E-state index is 13.1. The summed E-state index contributed by atoms with van der Waals surface area (Å²) in [5.41, 5.74) is 1.93. The lowest BCUT2D eigenvalue weighted by atomic mass is 9.97. The first-order valence-electron chi connectivity index (χ1n) is 7.48. The maximum Gasteiger partial charge on any atom is 0.247 e. The Bertz CT molecular complexity index is 831. The summed E-state index contributed by atoms with van der Waals surface area (Å²) in [5.74, 6) is 1.08. The SMILES string of the molecule is O=C1C2C(=NC(=S)N1c1ccc3c(c1)OCO3)SC1=C2CCC1. The molecule has 1 atom stereocenters. The van der Waals surface area contributed by atoms with E-state index in [-0.39, 0.29) is 18.6 Å². The number of fused-ring (bicyclic) bond motifs is 3. The van der Waals surface area contributed by atoms with E-state index < -0.39 is 0 Å². The van der Waals surface area contributed by atoms with Crippen LogP contribution in [0.15, 0.2) is 33.7 Å². The Kier molecular flexibility index (Phi) is 2.84. The van der Waals surface area contributed by atoms with Gasteiger partial charge in [0.05, 0.1) is 10.7 Å². The Hall–Kier alpha value is -1.86. The molecule has 4 aliphatic rings. The van der Waals surface area contributed by atoms with Crippen molar-refractivity contribution in [2.24, 2.45) is 10.9 Å². The third-order valence-electron chi connectivity index (χ3n) is 4.51. The predicted molar refractivity (Wildman–Crippen MR) is 92.0 cm³/mol. The second-order valence-electron chi connectivity index (χ2n) is 5.78. The first-order chi connectivity index (χ1) is 11.2. The topological polar surface area (TPSA) is 51.1 Å². The summed E-state index contributed by atoms with van der Waals surface area (Å²) in [7, 11) is 0. The molecule has 116 valence electrons. The first-order valence-corrected chi connectivity index (χ1v) is 8.71. The zero-order valence-corrected chi connectivity index (χ0v) is 13.7. The number of carbonyl (C=O) groups excluding carboxylic acids is 1. The summed E-state index contributed by atoms with van der Waals surface area (Å²) in [6.07, 6.45) is 3.17. The molecule has 0 N–H and O–H groups in total. The van der Waals surface area contributed by atoms with E-state index in [1.165, 1.54) is 15.4 Å². The molecule has 3 heterocycles. The highest BCUT2D eigenvalue weighted by atomic mass is 32.2. The van der Waals surface area contributed by atoms with Crippen molar-refractivity contribution in [2.45, 2.75) is 19.3 Å². The van der Waals surface area contributed by atoms with E-state index in [0.717, 1.165) is 24.3 Å². The van der Waals surface area contributed by atoms with Crippen LogP contribution in [0.1, 0.15) is 19.3 Å². The fraction of sp³-hybridized carbons (Fsp3) is 0.312. The van der Waals surface area contributed by atoms with Gasteiger partial charge in [0, 0.05) is 6.07 Å². The molecule has 5 rings (SSSR count). The van der Waals surface area contributed by atoms with Crippen LogP contribution in [0.2, 0.25) is 0 Å². The van der Waals surface area contributed by atoms with Crippen LogP contribution in [0.25, 0.3) is 0 Å². The molecule has 1 aliphatic carbocycles. The molecule has 1 aromatic carbocycles. The minimum Gasteiger partial charge on any atom is -0.454 e. The van der Waals surface area contributed by atoms with Gasteiger partial charge < -0.3 is 9.47 Å². The van der Waals surface area contributed by atoms with Gasteiger partial charge in [0.2, 0.25) is 17.8 Å². The summed E-state index contributed by atoms with van der Waals surface area (Å²) >= 11 is 7.02. The summed E-state index contributed by atoms with van der Waals surface area (Å²) in [5, 5.41) is 1.15. The smallest absolute Gasteiger partial charge is 0.247 e. The highest BCUT2D eigenvalue weighted by Gasteiger charge is 2.45. The standard InChI is InChI=1S/C16H12N2O3S2/c19-15-13-9-2-1-3-12(9)23-14(13)17-16(22)18(15)8-4-5-10-11(6-8)21-7-20-10/h4-6,13H,1-3,7H2. The van der Waals surface area contributed by atoms with Crippen molar-refractivity contribution in [2.75, 3.05) is 11.7 Å². The summed E-state index contributed by atoms with van der Waals surface area (Å²) in [6.45, 7) is 0.203. The number of nitrogens with zero attached hydrogens (tertiary/aromatic N) is 2. The molecule has 1 amide bonds. The number of thiocarbonyl (C=S) groups is 1. The van der Waals surface area contributed by atoms with Gasteiger partial charge in [0.25, 0.3) is 0 Å². The van der Waals surface area contributed by atoms with Crippen molar-refractivity contribution in [1.29, 1.82) is 0 Å². The van der Waals surface area contributed by atoms with E-state index >= 15 is 0 Å². The number of carbonyl (C=O) groups is 1. The lowest BCUT2D eigenvalue weighted by Gasteiger charge is -2.29. The van der Waals surface area contributed by atoms with Gasteiger partial charge in [-0.2, -0.15) is 0 Å². The predicted octanol–water partition coefficient (Wildman–Crippen LogP) is 3.25. The lowest BCUT2D eigenvalue weighted by Crippen LogP contribution is -2.45. The van der Waals surface area contributed by atoms with Crippen molar-refractivity contribution in [3.8, 4) is 11.5 Å². The van der Waals surface area contributed by atoms with Gasteiger partial charge in [0.1, 0.15) is 5.92 Å². The Balaban J connectivity index is 1.57. The van der Waals surface area contributed by atoms with Crippen LogP contribution in [0.3, 0.4) is 0 Å². The molecule has 0 saturated heterocycles. The van der Waals surface area contributed by atoms with Crippen LogP contribution >= 0.6 is 24.0 Å². The van der Waals surface area contributed by atoms with Gasteiger partial charge in [-0.1, -0.05) is 11.8 Å². The molecule has 1 unspecified atom stereocenters. The summed E-state index contributed by atoms with van der Waals surface area (Å²) in [6, 6.07) is 5.42. The molecular formula is C16H12N2O3S2. The van der Waals surface area contributed by atoms with Crippen molar-refractivity contribution >= 4 is 45.7 Å². The quantitative estimate of drug-likeness (QED) is 0.732. The van der Waals surface area contributed by atoms with E-state index in [4.69, 9.17) is 21.7 Å². The molecule has 7 heteroatoms. The Labute approximate surface area is 142 Å². The number of hydrogen-bond donors (Lipinski definition) is 0. The number of thioether (sulfide) groups is 1. The first kappa shape index (κ1) is 13.6. The number of amides is 1. The molecule has 23 heavy (non-hydrogen) atoms. The Morgan fingerprint density at radius 2 is 2.13 bits per heavy atom. The highest BCUT2D eigenvalue weighted by molar-refractivity contribution is 8.17. The van der Waals surface area contributed by atoms with Crippen LogP contribution in [0.5, 0.6) is 11.5 Å². The molecule has 3 aliphatic heterocycles. The van der Waals surface area contributed by atoms with Crippen molar-refractivity contribution in [3.63, 3.8) is 0 Å². The van der Waals surface area contributed by atoms with Crippen molar-refractivity contribution < 1.29 is 14.3 Å². The third-order valence-corrected chi connectivity index (χ3v) is 6.03. The van der Waals surface area contributed by atoms with Crippen LogP contribution in [0.4, 0.5) is 5.69 Å². The second-order valence-corrected chi connectivity index (χ2v) is 7.26. The molecule has 0 saturated carbocycles. The maximum atomic E-state index is 13.1. The lowest BCUT2D eigenvalue weighted by molar-refractivity contribution is -0.118. The number of rotatable bonds is 1. The molecule has 0 radical (unpaired) electrons. The fourth-order valence-electron chi connectivity index (χ4n) is 3.47. The van der Waals surface area contributed by atoms with E-state index in [9.17, 15) is 4.79 Å². The monoisotopic (exact) mass is 344 g/mol. The van der Waals surface area contributed by atoms with Crippen LogP contribution in [-0.4, -0.2) is 22.9 Å². The summed E-state index contributed by atoms with van der Waals surface area (Å²) in [4.78, 5) is 20.5. The minimum absolute atomic E-state index is 0.00161. The average molecular weight is 344 g/mol. The van der Waals surface area contributed by atoms with E-state index in [0.29, 0.717) is 22.3 Å². The largest absolute Gasteiger partial charge is 0.454 e. The molecule has 0 spiro atoms. The fourth-order valence-corrected chi connectivity index (χ4v) is 5.16. The van der Waals surface area contributed by atoms with Gasteiger partial charge >= 0.3 is 0 Å². The van der Waals surface area contributed by atoms with Gasteiger partial charge in [-0.05, 0) is 54.1 Å². The number of benzene rings is 1. The van der Waals surface area contributed by atoms with Gasteiger partial charge in [-0.25, -0.2) is 4.99 Å². The minimum atomic E-state index is -0.241. The highest BCUT2D eigenvalue weighted by Crippen LogP contribution is 2.50. The van der Waals surface area contributed by atoms with Gasteiger partial charge in [0.15, 0.2) is 11.5 Å². The zero-order chi connectivity index (χ0) is 15.6. The zero-order valence-electron chi connectivity index (χ0n) is 12.1. The van der Waals surface area contributed by atoms with Gasteiger partial charge in [-0.15, -0.1) is 0 Å². The van der Waals surface area contributed by atoms with E-state index in [1.54, 1.807) is 23.9 Å². The van der Waals surface area contributed by atoms with Gasteiger partial charge in [-0.3, -0.25) is 9.69 Å². The average Bonchev–Trinajstić information content (AvgIpc) is 3.20. The van der Waals surface area contributed by atoms with Crippen molar-refractivity contribution in [1.82, 2.24) is 0 Å². The number of anilines is 1. The number of hydrogen-bond acceptors (Lipinski definition) is 5. The Morgan fingerprint density at radius 1 is 1.26 bits per heavy atom. The second kappa shape index (κ2) is 4.82. The Morgan fingerprint density at radius 3 is 3.04 bits per heavy atom. The van der Waals surface area contributed by atoms with E-state index in [2.05, 4.69) is 4.99 Å². The molecular weight excluding hydrogens is 332 g/mol. The van der Waals surface area contributed by atoms with E-state index in [1.807, 2.05) is 6.07 Å². The molecule has 0 bridgehead atoms. The normalized spacial score (nSPS) is 25.0. The molecule has 5 nitrogen and oxygen atoms in total.